The van der Waals surface area contributed by atoms with Crippen LogP contribution in [0.2, 0.25) is 0 Å². The van der Waals surface area contributed by atoms with E-state index in [-0.39, 0.29) is 0 Å². The van der Waals surface area contributed by atoms with E-state index in [0.29, 0.717) is 19.7 Å². The quantitative estimate of drug-likeness (QED) is 0.664. The molecule has 2 atom stereocenters. The molecule has 0 aromatic heterocycles. The zero-order chi connectivity index (χ0) is 14.5. The summed E-state index contributed by atoms with van der Waals surface area (Å²) in [7, 11) is 1.68. The number of hydrogen-bond donors (Lipinski definition) is 3. The van der Waals surface area contributed by atoms with Crippen molar-refractivity contribution in [2.24, 2.45) is 0 Å². The van der Waals surface area contributed by atoms with Crippen molar-refractivity contribution < 1.29 is 14.9 Å². The van der Waals surface area contributed by atoms with Crippen molar-refractivity contribution in [2.75, 3.05) is 38.3 Å². The van der Waals surface area contributed by atoms with E-state index >= 15 is 0 Å². The minimum absolute atomic E-state index is 0.461. The normalized spacial score (nSPS) is 22.5. The van der Waals surface area contributed by atoms with Crippen molar-refractivity contribution in [1.29, 1.82) is 0 Å². The summed E-state index contributed by atoms with van der Waals surface area (Å²) in [5, 5.41) is 22.7. The molecule has 1 heterocycles. The molecule has 0 amide bonds. The lowest BCUT2D eigenvalue weighted by Gasteiger charge is -2.22. The maximum Gasteiger partial charge on any atom is 0.0990 e. The zero-order valence-corrected chi connectivity index (χ0v) is 13.1. The summed E-state index contributed by atoms with van der Waals surface area (Å²) < 4.78 is 6.00. The van der Waals surface area contributed by atoms with Crippen LogP contribution < -0.4 is 10.2 Å². The van der Waals surface area contributed by atoms with E-state index in [4.69, 9.17) is 4.74 Å². The predicted molar refractivity (Wildman–Crippen MR) is 82.0 cm³/mol. The first-order valence-electron chi connectivity index (χ1n) is 6.71. The molecular weight excluding hydrogens is 324 g/mol. The van der Waals surface area contributed by atoms with Gasteiger partial charge in [-0.3, -0.25) is 0 Å². The van der Waals surface area contributed by atoms with Crippen LogP contribution in [-0.2, 0) is 11.3 Å². The molecule has 1 aliphatic rings. The fourth-order valence-electron chi connectivity index (χ4n) is 2.34. The second kappa shape index (κ2) is 7.38. The summed E-state index contributed by atoms with van der Waals surface area (Å²) in [5.74, 6) is 0. The van der Waals surface area contributed by atoms with Gasteiger partial charge in [-0.05, 0) is 17.7 Å². The van der Waals surface area contributed by atoms with Gasteiger partial charge in [0.1, 0.15) is 0 Å². The second-order valence-electron chi connectivity index (χ2n) is 4.98. The fraction of sp³-hybridized carbons (Fsp3) is 0.571. The van der Waals surface area contributed by atoms with Gasteiger partial charge in [0.15, 0.2) is 0 Å². The average molecular weight is 345 g/mol. The Hall–Kier alpha value is -0.660. The van der Waals surface area contributed by atoms with Crippen molar-refractivity contribution in [3.05, 3.63) is 28.2 Å². The Morgan fingerprint density at radius 3 is 2.70 bits per heavy atom. The molecule has 5 nitrogen and oxygen atoms in total. The highest BCUT2D eigenvalue weighted by Crippen LogP contribution is 2.28. The second-order valence-corrected chi connectivity index (χ2v) is 5.90. The summed E-state index contributed by atoms with van der Waals surface area (Å²) >= 11 is 3.47. The molecule has 1 fully saturated rings. The highest BCUT2D eigenvalue weighted by molar-refractivity contribution is 9.10. The number of rotatable bonds is 6. The van der Waals surface area contributed by atoms with Gasteiger partial charge in [0, 0.05) is 43.4 Å². The number of hydrogen-bond acceptors (Lipinski definition) is 5. The Morgan fingerprint density at radius 1 is 1.35 bits per heavy atom. The van der Waals surface area contributed by atoms with Crippen LogP contribution in [0.3, 0.4) is 0 Å². The number of benzene rings is 1. The molecular formula is C14H21BrN2O3. The van der Waals surface area contributed by atoms with Crippen molar-refractivity contribution in [2.45, 2.75) is 18.8 Å². The van der Waals surface area contributed by atoms with Gasteiger partial charge in [-0.15, -0.1) is 0 Å². The number of nitrogens with one attached hydrogen (secondary N) is 1. The lowest BCUT2D eigenvalue weighted by molar-refractivity contribution is 0.0572. The summed E-state index contributed by atoms with van der Waals surface area (Å²) in [6.45, 7) is 3.12. The first-order valence-corrected chi connectivity index (χ1v) is 7.50. The van der Waals surface area contributed by atoms with Gasteiger partial charge in [0.2, 0.25) is 0 Å². The molecule has 20 heavy (non-hydrogen) atoms. The van der Waals surface area contributed by atoms with Gasteiger partial charge in [-0.1, -0.05) is 22.0 Å². The van der Waals surface area contributed by atoms with E-state index in [9.17, 15) is 10.2 Å². The SMILES string of the molecule is COCCNCc1ccc(Br)cc1N1CC(O)C(O)C1. The van der Waals surface area contributed by atoms with Crippen molar-refractivity contribution in [1.82, 2.24) is 5.32 Å². The Morgan fingerprint density at radius 2 is 2.05 bits per heavy atom. The molecule has 3 N–H and O–H groups in total. The van der Waals surface area contributed by atoms with Crippen molar-refractivity contribution in [3.8, 4) is 0 Å². The van der Waals surface area contributed by atoms with Crippen molar-refractivity contribution in [3.63, 3.8) is 0 Å². The number of anilines is 1. The van der Waals surface area contributed by atoms with Gasteiger partial charge in [0.25, 0.3) is 0 Å². The number of methoxy groups -OCH3 is 1. The molecule has 6 heteroatoms. The molecule has 0 radical (unpaired) electrons. The third-order valence-corrected chi connectivity index (χ3v) is 3.94. The lowest BCUT2D eigenvalue weighted by atomic mass is 10.1. The van der Waals surface area contributed by atoms with Crippen LogP contribution in [0.4, 0.5) is 5.69 Å². The molecule has 0 saturated carbocycles. The number of halogens is 1. The molecule has 2 unspecified atom stereocenters. The maximum absolute atomic E-state index is 9.70. The van der Waals surface area contributed by atoms with Crippen LogP contribution in [0.25, 0.3) is 0 Å². The Labute approximate surface area is 127 Å². The number of nitrogens with zero attached hydrogens (tertiary/aromatic N) is 1. The van der Waals surface area contributed by atoms with Gasteiger partial charge in [0.05, 0.1) is 18.8 Å². The minimum atomic E-state index is -0.678. The Balaban J connectivity index is 2.08. The highest BCUT2D eigenvalue weighted by Gasteiger charge is 2.30. The van der Waals surface area contributed by atoms with Gasteiger partial charge in [-0.25, -0.2) is 0 Å². The first-order chi connectivity index (χ1) is 9.61. The van der Waals surface area contributed by atoms with Gasteiger partial charge < -0.3 is 25.2 Å². The average Bonchev–Trinajstić information content (AvgIpc) is 2.76. The number of ether oxygens (including phenoxy) is 1. The smallest absolute Gasteiger partial charge is 0.0990 e. The number of aliphatic hydroxyl groups is 2. The van der Waals surface area contributed by atoms with Crippen LogP contribution in [-0.4, -0.2) is 55.8 Å². The maximum atomic E-state index is 9.70. The van der Waals surface area contributed by atoms with Crippen LogP contribution in [0.5, 0.6) is 0 Å². The van der Waals surface area contributed by atoms with E-state index in [1.165, 1.54) is 0 Å². The molecule has 0 aliphatic carbocycles. The summed E-state index contributed by atoms with van der Waals surface area (Å²) in [6.07, 6.45) is -1.36. The molecule has 1 aliphatic heterocycles. The molecule has 0 bridgehead atoms. The van der Waals surface area contributed by atoms with Crippen LogP contribution in [0.1, 0.15) is 5.56 Å². The van der Waals surface area contributed by atoms with Gasteiger partial charge >= 0.3 is 0 Å². The largest absolute Gasteiger partial charge is 0.389 e. The van der Waals surface area contributed by atoms with Crippen molar-refractivity contribution >= 4 is 21.6 Å². The highest BCUT2D eigenvalue weighted by atomic mass is 79.9. The molecule has 1 saturated heterocycles. The zero-order valence-electron chi connectivity index (χ0n) is 11.6. The number of aliphatic hydroxyl groups excluding tert-OH is 2. The van der Waals surface area contributed by atoms with E-state index in [0.717, 1.165) is 28.8 Å². The van der Waals surface area contributed by atoms with E-state index in [2.05, 4.69) is 27.3 Å². The Kier molecular flexibility index (Phi) is 5.80. The van der Waals surface area contributed by atoms with E-state index in [1.807, 2.05) is 17.0 Å². The third kappa shape index (κ3) is 3.93. The van der Waals surface area contributed by atoms with Crippen LogP contribution >= 0.6 is 15.9 Å². The predicted octanol–water partition coefficient (Wildman–Crippen LogP) is 0.727. The molecule has 1 aromatic rings. The standard InChI is InChI=1S/C14H21BrN2O3/c1-20-5-4-16-7-10-2-3-11(15)6-12(10)17-8-13(18)14(19)9-17/h2-3,6,13-14,16,18-19H,4-5,7-9H2,1H3. The summed E-state index contributed by atoms with van der Waals surface area (Å²) in [5.41, 5.74) is 2.19. The van der Waals surface area contributed by atoms with Crippen LogP contribution in [0, 0.1) is 0 Å². The third-order valence-electron chi connectivity index (χ3n) is 3.45. The molecule has 0 spiro atoms. The number of β-amino-alcohol motifs (C(OH)–C–C–N with tert-alkyl or cyclic N) is 2. The summed E-state index contributed by atoms with van der Waals surface area (Å²) in [4.78, 5) is 2.02. The molecule has 1 aromatic carbocycles. The molecule has 2 rings (SSSR count). The fourth-order valence-corrected chi connectivity index (χ4v) is 2.69. The minimum Gasteiger partial charge on any atom is -0.389 e. The summed E-state index contributed by atoms with van der Waals surface area (Å²) in [6, 6.07) is 6.08. The lowest BCUT2D eigenvalue weighted by Crippen LogP contribution is -2.25. The molecule has 112 valence electrons. The Bertz CT molecular complexity index is 434. The van der Waals surface area contributed by atoms with E-state index < -0.39 is 12.2 Å². The first kappa shape index (κ1) is 15.7. The monoisotopic (exact) mass is 344 g/mol. The topological polar surface area (TPSA) is 65.0 Å². The van der Waals surface area contributed by atoms with Gasteiger partial charge in [-0.2, -0.15) is 0 Å². The van der Waals surface area contributed by atoms with Crippen LogP contribution in [0.15, 0.2) is 22.7 Å². The van der Waals surface area contributed by atoms with E-state index in [1.54, 1.807) is 7.11 Å².